The molecule has 0 atom stereocenters. The number of primary amides is 2. The van der Waals surface area contributed by atoms with Crippen molar-refractivity contribution in [2.45, 2.75) is 32.7 Å². The Labute approximate surface area is 106 Å². The van der Waals surface area contributed by atoms with Crippen LogP contribution in [0.15, 0.2) is 5.10 Å². The molecule has 0 aromatic carbocycles. The third-order valence-corrected chi connectivity index (χ3v) is 1.58. The molecule has 0 spiro atoms. The van der Waals surface area contributed by atoms with Crippen LogP contribution in [0.3, 0.4) is 0 Å². The highest BCUT2D eigenvalue weighted by atomic mass is 35.5. The van der Waals surface area contributed by atoms with E-state index in [1.807, 2.05) is 13.8 Å². The average molecular weight is 267 g/mol. The number of carbonyl (C=O) groups excluding carboxylic acids is 2. The van der Waals surface area contributed by atoms with E-state index in [2.05, 4.69) is 21.4 Å². The molecular weight excluding hydrogens is 248 g/mol. The Balaban J connectivity index is 0. The van der Waals surface area contributed by atoms with Gasteiger partial charge in [-0.15, -0.1) is 12.4 Å². The van der Waals surface area contributed by atoms with Gasteiger partial charge in [-0.3, -0.25) is 5.43 Å². The maximum Gasteiger partial charge on any atom is 0.332 e. The third-order valence-electron chi connectivity index (χ3n) is 1.58. The van der Waals surface area contributed by atoms with Gasteiger partial charge in [-0.25, -0.2) is 20.4 Å². The highest BCUT2D eigenvalue weighted by Gasteiger charge is 2.18. The molecule has 0 aromatic heterocycles. The minimum Gasteiger partial charge on any atom is -0.351 e. The topological polar surface area (TPSA) is 135 Å². The largest absolute Gasteiger partial charge is 0.351 e. The number of hydrazone groups is 1. The molecule has 0 saturated heterocycles. The fourth-order valence-electron chi connectivity index (χ4n) is 1.10. The normalized spacial score (nSPS) is 11.4. The number of hydrogen-bond donors (Lipinski definition) is 5. The molecule has 0 aromatic rings. The highest BCUT2D eigenvalue weighted by molar-refractivity contribution is 5.85. The molecule has 0 aliphatic heterocycles. The van der Waals surface area contributed by atoms with Gasteiger partial charge in [-0.2, -0.15) is 5.10 Å². The first-order chi connectivity index (χ1) is 7.23. The molecule has 7 N–H and O–H groups in total. The summed E-state index contributed by atoms with van der Waals surface area (Å²) in [6.45, 7) is 5.40. The number of hydrogen-bond acceptors (Lipinski definition) is 4. The molecule has 0 radical (unpaired) electrons. The second-order valence-electron chi connectivity index (χ2n) is 4.00. The van der Waals surface area contributed by atoms with Crippen LogP contribution in [0.2, 0.25) is 0 Å². The minimum atomic E-state index is -0.722. The Kier molecular flexibility index (Phi) is 8.07. The number of nitrogens with one attached hydrogen (secondary N) is 3. The van der Waals surface area contributed by atoms with Gasteiger partial charge >= 0.3 is 12.1 Å². The van der Waals surface area contributed by atoms with Gasteiger partial charge < -0.3 is 11.5 Å². The SMILES string of the molecule is C/C(CC(C)(C)NNC(N)=O)=N\NC(N)=O.Cl. The van der Waals surface area contributed by atoms with Crippen molar-refractivity contribution in [2.24, 2.45) is 16.6 Å². The monoisotopic (exact) mass is 266 g/mol. The Hall–Kier alpha value is -1.54. The van der Waals surface area contributed by atoms with Gasteiger partial charge in [0.25, 0.3) is 0 Å². The molecule has 0 heterocycles. The van der Waals surface area contributed by atoms with Gasteiger partial charge in [0.05, 0.1) is 0 Å². The van der Waals surface area contributed by atoms with E-state index in [-0.39, 0.29) is 12.4 Å². The number of amides is 4. The first-order valence-electron chi connectivity index (χ1n) is 4.64. The number of hydrazine groups is 1. The molecule has 100 valence electrons. The number of carbonyl (C=O) groups is 2. The lowest BCUT2D eigenvalue weighted by Gasteiger charge is -2.25. The van der Waals surface area contributed by atoms with Crippen molar-refractivity contribution >= 4 is 30.2 Å². The van der Waals surface area contributed by atoms with Gasteiger partial charge in [0.1, 0.15) is 0 Å². The lowest BCUT2D eigenvalue weighted by Crippen LogP contribution is -2.53. The molecule has 0 bridgehead atoms. The standard InChI is InChI=1S/C8H18N6O2.ClH/c1-5(11-12-6(9)15)4-8(2,3)14-13-7(10)16;/h14H,4H2,1-3H3,(H3,9,12,15)(H3,10,13,16);1H/b11-5+;. The van der Waals surface area contributed by atoms with Crippen molar-refractivity contribution in [1.82, 2.24) is 16.3 Å². The van der Waals surface area contributed by atoms with Crippen molar-refractivity contribution in [2.75, 3.05) is 0 Å². The van der Waals surface area contributed by atoms with Crippen molar-refractivity contribution < 1.29 is 9.59 Å². The van der Waals surface area contributed by atoms with Gasteiger partial charge in [0, 0.05) is 17.7 Å². The molecule has 0 aliphatic carbocycles. The molecule has 9 heteroatoms. The molecular formula is C8H19ClN6O2. The fourth-order valence-corrected chi connectivity index (χ4v) is 1.10. The number of nitrogens with zero attached hydrogens (tertiary/aromatic N) is 1. The number of urea groups is 2. The lowest BCUT2D eigenvalue weighted by molar-refractivity contribution is 0.236. The zero-order valence-electron chi connectivity index (χ0n) is 10.0. The molecule has 0 aliphatic rings. The predicted octanol–water partition coefficient (Wildman–Crippen LogP) is -0.206. The van der Waals surface area contributed by atoms with Crippen LogP contribution in [-0.2, 0) is 0 Å². The third kappa shape index (κ3) is 10.7. The summed E-state index contributed by atoms with van der Waals surface area (Å²) >= 11 is 0. The molecule has 8 nitrogen and oxygen atoms in total. The van der Waals surface area contributed by atoms with Gasteiger partial charge in [0.15, 0.2) is 0 Å². The summed E-state index contributed by atoms with van der Waals surface area (Å²) < 4.78 is 0. The van der Waals surface area contributed by atoms with E-state index in [4.69, 9.17) is 11.5 Å². The van der Waals surface area contributed by atoms with E-state index in [0.717, 1.165) is 0 Å². The Bertz CT molecular complexity index is 304. The van der Waals surface area contributed by atoms with Crippen LogP contribution in [0.1, 0.15) is 27.2 Å². The summed E-state index contributed by atoms with van der Waals surface area (Å²) in [6.07, 6.45) is 0.494. The second-order valence-corrected chi connectivity index (χ2v) is 4.00. The van der Waals surface area contributed by atoms with E-state index in [1.54, 1.807) is 6.92 Å². The maximum absolute atomic E-state index is 10.5. The van der Waals surface area contributed by atoms with Crippen molar-refractivity contribution in [1.29, 1.82) is 0 Å². The summed E-state index contributed by atoms with van der Waals surface area (Å²) in [7, 11) is 0. The van der Waals surface area contributed by atoms with E-state index in [0.29, 0.717) is 12.1 Å². The van der Waals surface area contributed by atoms with E-state index < -0.39 is 17.6 Å². The predicted molar refractivity (Wildman–Crippen MR) is 67.6 cm³/mol. The number of halogens is 1. The quantitative estimate of drug-likeness (QED) is 0.348. The summed E-state index contributed by atoms with van der Waals surface area (Å²) in [6, 6.07) is -1.39. The van der Waals surface area contributed by atoms with Crippen LogP contribution in [0.25, 0.3) is 0 Å². The second kappa shape index (κ2) is 7.69. The molecule has 4 amide bonds. The minimum absolute atomic E-state index is 0. The van der Waals surface area contributed by atoms with Crippen LogP contribution in [0.4, 0.5) is 9.59 Å². The lowest BCUT2D eigenvalue weighted by atomic mass is 9.99. The zero-order chi connectivity index (χ0) is 12.8. The Morgan fingerprint density at radius 1 is 1.24 bits per heavy atom. The van der Waals surface area contributed by atoms with Crippen molar-refractivity contribution in [3.8, 4) is 0 Å². The van der Waals surface area contributed by atoms with Crippen LogP contribution in [-0.4, -0.2) is 23.3 Å². The smallest absolute Gasteiger partial charge is 0.332 e. The van der Waals surface area contributed by atoms with Gasteiger partial charge in [0.2, 0.25) is 0 Å². The summed E-state index contributed by atoms with van der Waals surface area (Å²) in [5.74, 6) is 0. The first kappa shape index (κ1) is 17.8. The molecule has 0 rings (SSSR count). The van der Waals surface area contributed by atoms with Crippen LogP contribution >= 0.6 is 12.4 Å². The van der Waals surface area contributed by atoms with Crippen LogP contribution in [0.5, 0.6) is 0 Å². The molecule has 0 fully saturated rings. The highest BCUT2D eigenvalue weighted by Crippen LogP contribution is 2.07. The molecule has 0 saturated carbocycles. The van der Waals surface area contributed by atoms with Crippen LogP contribution in [0, 0.1) is 0 Å². The van der Waals surface area contributed by atoms with E-state index >= 15 is 0 Å². The van der Waals surface area contributed by atoms with Crippen molar-refractivity contribution in [3.05, 3.63) is 0 Å². The van der Waals surface area contributed by atoms with Gasteiger partial charge in [-0.05, 0) is 20.8 Å². The summed E-state index contributed by atoms with van der Waals surface area (Å²) in [5, 5.41) is 3.74. The van der Waals surface area contributed by atoms with Crippen LogP contribution < -0.4 is 27.7 Å². The number of nitrogens with two attached hydrogens (primary N) is 2. The Morgan fingerprint density at radius 3 is 2.18 bits per heavy atom. The Morgan fingerprint density at radius 2 is 1.76 bits per heavy atom. The number of rotatable bonds is 5. The average Bonchev–Trinajstić information content (AvgIpc) is 2.11. The zero-order valence-corrected chi connectivity index (χ0v) is 10.9. The maximum atomic E-state index is 10.5. The van der Waals surface area contributed by atoms with E-state index in [1.165, 1.54) is 0 Å². The van der Waals surface area contributed by atoms with Crippen molar-refractivity contribution in [3.63, 3.8) is 0 Å². The molecule has 17 heavy (non-hydrogen) atoms. The van der Waals surface area contributed by atoms with E-state index in [9.17, 15) is 9.59 Å². The molecule has 0 unspecified atom stereocenters. The summed E-state index contributed by atoms with van der Waals surface area (Å²) in [4.78, 5) is 20.9. The summed E-state index contributed by atoms with van der Waals surface area (Å²) in [5.41, 5.74) is 17.1. The van der Waals surface area contributed by atoms with Gasteiger partial charge in [-0.1, -0.05) is 0 Å². The fraction of sp³-hybridized carbons (Fsp3) is 0.625. The first-order valence-corrected chi connectivity index (χ1v) is 4.64.